The van der Waals surface area contributed by atoms with Crippen LogP contribution in [0.4, 0.5) is 0 Å². The topological polar surface area (TPSA) is 55.8 Å². The van der Waals surface area contributed by atoms with Gasteiger partial charge in [-0.05, 0) is 25.1 Å². The highest BCUT2D eigenvalue weighted by molar-refractivity contribution is 6.34. The fraction of sp³-hybridized carbons (Fsp3) is 0.188. The molecule has 0 bridgehead atoms. The molecule has 0 radical (unpaired) electrons. The van der Waals surface area contributed by atoms with Gasteiger partial charge in [-0.2, -0.15) is 0 Å². The van der Waals surface area contributed by atoms with Crippen molar-refractivity contribution in [3.8, 4) is 22.6 Å². The molecule has 0 saturated carbocycles. The lowest BCUT2D eigenvalue weighted by molar-refractivity contribution is 0.0697. The summed E-state index contributed by atoms with van der Waals surface area (Å²) >= 11 is 6.24. The lowest BCUT2D eigenvalue weighted by Crippen LogP contribution is -2.01. The molecular formula is C16H15ClO4. The third-order valence-corrected chi connectivity index (χ3v) is 3.54. The minimum atomic E-state index is -1.00. The van der Waals surface area contributed by atoms with E-state index < -0.39 is 5.97 Å². The van der Waals surface area contributed by atoms with Crippen molar-refractivity contribution in [1.82, 2.24) is 0 Å². The Balaban J connectivity index is 2.75. The number of hydrogen-bond acceptors (Lipinski definition) is 3. The summed E-state index contributed by atoms with van der Waals surface area (Å²) in [7, 11) is 3.00. The van der Waals surface area contributed by atoms with Gasteiger partial charge in [-0.1, -0.05) is 29.3 Å². The molecule has 0 saturated heterocycles. The predicted octanol–water partition coefficient (Wildman–Crippen LogP) is 4.03. The van der Waals surface area contributed by atoms with Crippen LogP contribution < -0.4 is 9.47 Å². The average molecular weight is 307 g/mol. The van der Waals surface area contributed by atoms with Gasteiger partial charge in [0.25, 0.3) is 0 Å². The van der Waals surface area contributed by atoms with E-state index in [9.17, 15) is 9.90 Å². The normalized spacial score (nSPS) is 10.3. The zero-order valence-electron chi connectivity index (χ0n) is 11.9. The minimum absolute atomic E-state index is 0.195. The number of aryl methyl sites for hydroxylation is 1. The molecule has 2 aromatic rings. The highest BCUT2D eigenvalue weighted by Crippen LogP contribution is 2.42. The Morgan fingerprint density at radius 2 is 1.81 bits per heavy atom. The van der Waals surface area contributed by atoms with Crippen molar-refractivity contribution in [3.63, 3.8) is 0 Å². The first-order chi connectivity index (χ1) is 9.99. The van der Waals surface area contributed by atoms with Crippen LogP contribution in [0.5, 0.6) is 11.5 Å². The zero-order chi connectivity index (χ0) is 15.6. The largest absolute Gasteiger partial charge is 0.495 e. The molecule has 0 aliphatic carbocycles. The Labute approximate surface area is 127 Å². The van der Waals surface area contributed by atoms with Gasteiger partial charge in [0.2, 0.25) is 0 Å². The molecular weight excluding hydrogens is 292 g/mol. The summed E-state index contributed by atoms with van der Waals surface area (Å²) in [5.41, 5.74) is 2.32. The smallest absolute Gasteiger partial charge is 0.336 e. The van der Waals surface area contributed by atoms with Crippen LogP contribution in [0.2, 0.25) is 5.02 Å². The third kappa shape index (κ3) is 2.81. The molecule has 21 heavy (non-hydrogen) atoms. The summed E-state index contributed by atoms with van der Waals surface area (Å²) in [6, 6.07) is 8.55. The first-order valence-corrected chi connectivity index (χ1v) is 6.62. The molecule has 5 heteroatoms. The first-order valence-electron chi connectivity index (χ1n) is 6.24. The fourth-order valence-electron chi connectivity index (χ4n) is 2.17. The van der Waals surface area contributed by atoms with Crippen LogP contribution in [0.25, 0.3) is 11.1 Å². The Morgan fingerprint density at radius 3 is 2.38 bits per heavy atom. The highest BCUT2D eigenvalue weighted by Gasteiger charge is 2.19. The molecule has 0 heterocycles. The highest BCUT2D eigenvalue weighted by atomic mass is 35.5. The maximum atomic E-state index is 11.4. The van der Waals surface area contributed by atoms with Gasteiger partial charge in [-0.25, -0.2) is 4.79 Å². The lowest BCUT2D eigenvalue weighted by atomic mass is 9.96. The van der Waals surface area contributed by atoms with Crippen LogP contribution in [0, 0.1) is 6.92 Å². The van der Waals surface area contributed by atoms with Crippen molar-refractivity contribution in [2.45, 2.75) is 6.92 Å². The van der Waals surface area contributed by atoms with E-state index in [0.29, 0.717) is 27.6 Å². The monoisotopic (exact) mass is 306 g/mol. The van der Waals surface area contributed by atoms with E-state index >= 15 is 0 Å². The molecule has 0 aliphatic rings. The standard InChI is InChI=1S/C16H15ClO4/c1-9-4-5-11(16(18)19)12(8-9)10-6-7-13(20-2)14(17)15(10)21-3/h4-8H,1-3H3,(H,18,19). The maximum absolute atomic E-state index is 11.4. The summed E-state index contributed by atoms with van der Waals surface area (Å²) in [6.07, 6.45) is 0. The van der Waals surface area contributed by atoms with Crippen LogP contribution >= 0.6 is 11.6 Å². The summed E-state index contributed by atoms with van der Waals surface area (Å²) in [5, 5.41) is 9.67. The predicted molar refractivity (Wildman–Crippen MR) is 81.7 cm³/mol. The van der Waals surface area contributed by atoms with Crippen LogP contribution in [-0.4, -0.2) is 25.3 Å². The second-order valence-electron chi connectivity index (χ2n) is 4.52. The molecule has 1 N–H and O–H groups in total. The Bertz CT molecular complexity index is 695. The van der Waals surface area contributed by atoms with Crippen LogP contribution in [0.1, 0.15) is 15.9 Å². The number of carboxylic acid groups (broad SMARTS) is 1. The third-order valence-electron chi connectivity index (χ3n) is 3.18. The molecule has 110 valence electrons. The van der Waals surface area contributed by atoms with Crippen molar-refractivity contribution in [3.05, 3.63) is 46.5 Å². The van der Waals surface area contributed by atoms with E-state index in [4.69, 9.17) is 21.1 Å². The molecule has 0 atom stereocenters. The first kappa shape index (κ1) is 15.2. The zero-order valence-corrected chi connectivity index (χ0v) is 12.7. The van der Waals surface area contributed by atoms with E-state index in [1.54, 1.807) is 30.3 Å². The lowest BCUT2D eigenvalue weighted by Gasteiger charge is -2.15. The number of ether oxygens (including phenoxy) is 2. The quantitative estimate of drug-likeness (QED) is 0.926. The number of halogens is 1. The molecule has 0 unspecified atom stereocenters. The fourth-order valence-corrected chi connectivity index (χ4v) is 2.49. The van der Waals surface area contributed by atoms with Gasteiger partial charge in [0.1, 0.15) is 16.5 Å². The van der Waals surface area contributed by atoms with E-state index in [2.05, 4.69) is 0 Å². The average Bonchev–Trinajstić information content (AvgIpc) is 2.46. The van der Waals surface area contributed by atoms with Crippen molar-refractivity contribution in [2.75, 3.05) is 14.2 Å². The van der Waals surface area contributed by atoms with E-state index in [1.807, 2.05) is 6.92 Å². The number of rotatable bonds is 4. The van der Waals surface area contributed by atoms with Gasteiger partial charge in [0, 0.05) is 11.1 Å². The number of methoxy groups -OCH3 is 2. The number of hydrogen-bond donors (Lipinski definition) is 1. The number of aromatic carboxylic acids is 1. The number of benzene rings is 2. The van der Waals surface area contributed by atoms with Crippen molar-refractivity contribution < 1.29 is 19.4 Å². The second kappa shape index (κ2) is 6.06. The Morgan fingerprint density at radius 1 is 1.10 bits per heavy atom. The van der Waals surface area contributed by atoms with Crippen molar-refractivity contribution >= 4 is 17.6 Å². The van der Waals surface area contributed by atoms with Crippen molar-refractivity contribution in [1.29, 1.82) is 0 Å². The summed E-state index contributed by atoms with van der Waals surface area (Å²) in [5.74, 6) is -0.134. The second-order valence-corrected chi connectivity index (χ2v) is 4.89. The van der Waals surface area contributed by atoms with Gasteiger partial charge in [0.05, 0.1) is 19.8 Å². The Hall–Kier alpha value is -2.20. The molecule has 2 rings (SSSR count). The van der Waals surface area contributed by atoms with Gasteiger partial charge in [-0.3, -0.25) is 0 Å². The van der Waals surface area contributed by atoms with Gasteiger partial charge in [0.15, 0.2) is 0 Å². The minimum Gasteiger partial charge on any atom is -0.495 e. The summed E-state index contributed by atoms with van der Waals surface area (Å²) in [6.45, 7) is 1.90. The van der Waals surface area contributed by atoms with Gasteiger partial charge >= 0.3 is 5.97 Å². The molecule has 0 aliphatic heterocycles. The summed E-state index contributed by atoms with van der Waals surface area (Å²) < 4.78 is 10.5. The number of carbonyl (C=O) groups is 1. The SMILES string of the molecule is COc1ccc(-c2cc(C)ccc2C(=O)O)c(OC)c1Cl. The van der Waals surface area contributed by atoms with Crippen LogP contribution in [-0.2, 0) is 0 Å². The Kier molecular flexibility index (Phi) is 4.38. The van der Waals surface area contributed by atoms with Gasteiger partial charge < -0.3 is 14.6 Å². The van der Waals surface area contributed by atoms with E-state index in [-0.39, 0.29) is 5.56 Å². The maximum Gasteiger partial charge on any atom is 0.336 e. The summed E-state index contributed by atoms with van der Waals surface area (Å²) in [4.78, 5) is 11.4. The molecule has 4 nitrogen and oxygen atoms in total. The van der Waals surface area contributed by atoms with E-state index in [1.165, 1.54) is 14.2 Å². The van der Waals surface area contributed by atoms with E-state index in [0.717, 1.165) is 5.56 Å². The molecule has 0 amide bonds. The van der Waals surface area contributed by atoms with Crippen LogP contribution in [0.15, 0.2) is 30.3 Å². The van der Waals surface area contributed by atoms with Crippen LogP contribution in [0.3, 0.4) is 0 Å². The molecule has 0 fully saturated rings. The number of carboxylic acids is 1. The van der Waals surface area contributed by atoms with Crippen molar-refractivity contribution in [2.24, 2.45) is 0 Å². The molecule has 0 aromatic heterocycles. The molecule has 0 spiro atoms. The molecule has 2 aromatic carbocycles. The van der Waals surface area contributed by atoms with Gasteiger partial charge in [-0.15, -0.1) is 0 Å².